The standard InChI is InChI=1S/C15H14FNO4/c1-9-6-7-12(17(19)20)14(8-9)21-13-5-3-4-11(16)15(13)10(2)18/h3-8,10,18H,1-2H3/t10-/m0/s1. The van der Waals surface area contributed by atoms with Gasteiger partial charge in [0.1, 0.15) is 11.6 Å². The predicted octanol–water partition coefficient (Wildman–Crippen LogP) is 3.89. The first-order valence-corrected chi connectivity index (χ1v) is 6.29. The van der Waals surface area contributed by atoms with Crippen molar-refractivity contribution >= 4 is 5.69 Å². The lowest BCUT2D eigenvalue weighted by Crippen LogP contribution is -2.01. The van der Waals surface area contributed by atoms with Crippen molar-refractivity contribution in [1.29, 1.82) is 0 Å². The molecule has 110 valence electrons. The number of aryl methyl sites for hydroxylation is 1. The van der Waals surface area contributed by atoms with Crippen molar-refractivity contribution in [2.75, 3.05) is 0 Å². The van der Waals surface area contributed by atoms with E-state index in [4.69, 9.17) is 4.74 Å². The van der Waals surface area contributed by atoms with E-state index in [1.807, 2.05) is 0 Å². The fourth-order valence-electron chi connectivity index (χ4n) is 1.98. The zero-order valence-corrected chi connectivity index (χ0v) is 11.5. The van der Waals surface area contributed by atoms with E-state index in [2.05, 4.69) is 0 Å². The molecule has 0 bridgehead atoms. The van der Waals surface area contributed by atoms with E-state index in [0.29, 0.717) is 0 Å². The van der Waals surface area contributed by atoms with Crippen LogP contribution in [0.2, 0.25) is 0 Å². The molecule has 0 aliphatic carbocycles. The van der Waals surface area contributed by atoms with Crippen molar-refractivity contribution in [3.8, 4) is 11.5 Å². The van der Waals surface area contributed by atoms with Crippen LogP contribution in [0.5, 0.6) is 11.5 Å². The molecule has 5 nitrogen and oxygen atoms in total. The van der Waals surface area contributed by atoms with E-state index in [1.165, 1.54) is 37.3 Å². The Balaban J connectivity index is 2.50. The number of ether oxygens (including phenoxy) is 1. The van der Waals surface area contributed by atoms with Crippen molar-refractivity contribution in [2.45, 2.75) is 20.0 Å². The summed E-state index contributed by atoms with van der Waals surface area (Å²) in [6.45, 7) is 3.16. The van der Waals surface area contributed by atoms with Gasteiger partial charge in [0.15, 0.2) is 0 Å². The van der Waals surface area contributed by atoms with Crippen molar-refractivity contribution in [3.63, 3.8) is 0 Å². The number of nitrogens with zero attached hydrogens (tertiary/aromatic N) is 1. The van der Waals surface area contributed by atoms with Crippen molar-refractivity contribution in [1.82, 2.24) is 0 Å². The monoisotopic (exact) mass is 291 g/mol. The van der Waals surface area contributed by atoms with Gasteiger partial charge in [-0.2, -0.15) is 0 Å². The highest BCUT2D eigenvalue weighted by atomic mass is 19.1. The third-order valence-electron chi connectivity index (χ3n) is 2.96. The Bertz CT molecular complexity index is 685. The maximum absolute atomic E-state index is 13.8. The Morgan fingerprint density at radius 3 is 2.62 bits per heavy atom. The molecule has 0 aromatic heterocycles. The van der Waals surface area contributed by atoms with Gasteiger partial charge in [0.05, 0.1) is 16.6 Å². The van der Waals surface area contributed by atoms with Crippen LogP contribution >= 0.6 is 0 Å². The van der Waals surface area contributed by atoms with Gasteiger partial charge < -0.3 is 9.84 Å². The summed E-state index contributed by atoms with van der Waals surface area (Å²) >= 11 is 0. The lowest BCUT2D eigenvalue weighted by molar-refractivity contribution is -0.385. The predicted molar refractivity (Wildman–Crippen MR) is 74.9 cm³/mol. The molecule has 1 N–H and O–H groups in total. The molecule has 6 heteroatoms. The van der Waals surface area contributed by atoms with Gasteiger partial charge in [-0.3, -0.25) is 10.1 Å². The zero-order chi connectivity index (χ0) is 15.6. The minimum absolute atomic E-state index is 0.00694. The summed E-state index contributed by atoms with van der Waals surface area (Å²) in [6.07, 6.45) is -1.09. The molecule has 0 fully saturated rings. The topological polar surface area (TPSA) is 72.6 Å². The quantitative estimate of drug-likeness (QED) is 0.685. The highest BCUT2D eigenvalue weighted by Gasteiger charge is 2.20. The summed E-state index contributed by atoms with van der Waals surface area (Å²) in [7, 11) is 0. The third kappa shape index (κ3) is 3.17. The molecule has 0 unspecified atom stereocenters. The SMILES string of the molecule is Cc1ccc([N+](=O)[O-])c(Oc2cccc(F)c2[C@H](C)O)c1. The van der Waals surface area contributed by atoms with E-state index < -0.39 is 16.8 Å². The number of nitro benzene ring substituents is 1. The van der Waals surface area contributed by atoms with Crippen molar-refractivity contribution in [3.05, 3.63) is 63.5 Å². The number of hydrogen-bond donors (Lipinski definition) is 1. The van der Waals surface area contributed by atoms with Gasteiger partial charge >= 0.3 is 5.69 Å². The van der Waals surface area contributed by atoms with Gasteiger partial charge in [-0.05, 0) is 37.6 Å². The molecule has 2 aromatic rings. The normalized spacial score (nSPS) is 12.0. The zero-order valence-electron chi connectivity index (χ0n) is 11.5. The number of aliphatic hydroxyl groups excluding tert-OH is 1. The average Bonchev–Trinajstić information content (AvgIpc) is 2.37. The maximum atomic E-state index is 13.8. The van der Waals surface area contributed by atoms with Gasteiger partial charge in [-0.25, -0.2) is 4.39 Å². The molecule has 0 amide bonds. The van der Waals surface area contributed by atoms with Crippen LogP contribution in [0.4, 0.5) is 10.1 Å². The first kappa shape index (κ1) is 14.9. The molecule has 21 heavy (non-hydrogen) atoms. The van der Waals surface area contributed by atoms with Gasteiger partial charge in [0.2, 0.25) is 5.75 Å². The molecular formula is C15H14FNO4. The van der Waals surface area contributed by atoms with Gasteiger partial charge in [-0.15, -0.1) is 0 Å². The summed E-state index contributed by atoms with van der Waals surface area (Å²) < 4.78 is 19.3. The van der Waals surface area contributed by atoms with E-state index in [9.17, 15) is 19.6 Å². The lowest BCUT2D eigenvalue weighted by Gasteiger charge is -2.14. The highest BCUT2D eigenvalue weighted by molar-refractivity contribution is 5.51. The minimum Gasteiger partial charge on any atom is -0.450 e. The van der Waals surface area contributed by atoms with Gasteiger partial charge in [0.25, 0.3) is 0 Å². The molecule has 2 aromatic carbocycles. The number of hydrogen-bond acceptors (Lipinski definition) is 4. The molecule has 0 saturated carbocycles. The molecule has 0 radical (unpaired) electrons. The van der Waals surface area contributed by atoms with Crippen molar-refractivity contribution < 1.29 is 19.2 Å². The lowest BCUT2D eigenvalue weighted by atomic mass is 10.1. The van der Waals surface area contributed by atoms with Crippen LogP contribution < -0.4 is 4.74 Å². The summed E-state index contributed by atoms with van der Waals surface area (Å²) in [5, 5.41) is 20.7. The number of nitro groups is 1. The number of aliphatic hydroxyl groups is 1. The first-order valence-electron chi connectivity index (χ1n) is 6.29. The summed E-state index contributed by atoms with van der Waals surface area (Å²) in [6, 6.07) is 8.47. The smallest absolute Gasteiger partial charge is 0.311 e. The molecule has 0 heterocycles. The Morgan fingerprint density at radius 1 is 1.29 bits per heavy atom. The fourth-order valence-corrected chi connectivity index (χ4v) is 1.98. The summed E-state index contributed by atoms with van der Waals surface area (Å²) in [5.41, 5.74) is 0.514. The molecule has 1 atom stereocenters. The van der Waals surface area contributed by atoms with Crippen LogP contribution in [-0.2, 0) is 0 Å². The number of halogens is 1. The second kappa shape index (κ2) is 5.88. The average molecular weight is 291 g/mol. The second-order valence-electron chi connectivity index (χ2n) is 4.66. The molecule has 0 spiro atoms. The Kier molecular flexibility index (Phi) is 4.18. The number of rotatable bonds is 4. The van der Waals surface area contributed by atoms with Crippen LogP contribution in [0.15, 0.2) is 36.4 Å². The van der Waals surface area contributed by atoms with Crippen LogP contribution in [0, 0.1) is 22.9 Å². The van der Waals surface area contributed by atoms with E-state index in [1.54, 1.807) is 13.0 Å². The largest absolute Gasteiger partial charge is 0.450 e. The second-order valence-corrected chi connectivity index (χ2v) is 4.66. The van der Waals surface area contributed by atoms with Crippen LogP contribution in [0.25, 0.3) is 0 Å². The fraction of sp³-hybridized carbons (Fsp3) is 0.200. The van der Waals surface area contributed by atoms with Crippen LogP contribution in [0.3, 0.4) is 0 Å². The summed E-state index contributed by atoms with van der Waals surface area (Å²) in [4.78, 5) is 10.4. The maximum Gasteiger partial charge on any atom is 0.311 e. The summed E-state index contributed by atoms with van der Waals surface area (Å²) in [5.74, 6) is -0.566. The van der Waals surface area contributed by atoms with E-state index >= 15 is 0 Å². The minimum atomic E-state index is -1.09. The Hall–Kier alpha value is -2.47. The molecule has 0 aliphatic rings. The van der Waals surface area contributed by atoms with E-state index in [0.717, 1.165) is 5.56 Å². The molecular weight excluding hydrogens is 277 g/mol. The Morgan fingerprint density at radius 2 is 2.00 bits per heavy atom. The van der Waals surface area contributed by atoms with Crippen molar-refractivity contribution in [2.24, 2.45) is 0 Å². The molecule has 2 rings (SSSR count). The Labute approximate surface area is 120 Å². The molecule has 0 saturated heterocycles. The van der Waals surface area contributed by atoms with Gasteiger partial charge in [0, 0.05) is 6.07 Å². The molecule has 0 aliphatic heterocycles. The van der Waals surface area contributed by atoms with Crippen LogP contribution in [0.1, 0.15) is 24.2 Å². The van der Waals surface area contributed by atoms with Gasteiger partial charge in [-0.1, -0.05) is 12.1 Å². The third-order valence-corrected chi connectivity index (χ3v) is 2.96. The number of benzene rings is 2. The van der Waals surface area contributed by atoms with E-state index in [-0.39, 0.29) is 22.7 Å². The highest BCUT2D eigenvalue weighted by Crippen LogP contribution is 2.36. The van der Waals surface area contributed by atoms with Crippen LogP contribution in [-0.4, -0.2) is 10.0 Å². The first-order chi connectivity index (χ1) is 9.90.